The Morgan fingerprint density at radius 1 is 1.29 bits per heavy atom. The highest BCUT2D eigenvalue weighted by Crippen LogP contribution is 2.47. The molecule has 2 fully saturated rings. The summed E-state index contributed by atoms with van der Waals surface area (Å²) in [4.78, 5) is 24.9. The number of pyridine rings is 1. The highest BCUT2D eigenvalue weighted by atomic mass is 16.5. The van der Waals surface area contributed by atoms with Gasteiger partial charge in [-0.25, -0.2) is 0 Å². The van der Waals surface area contributed by atoms with E-state index in [4.69, 9.17) is 14.0 Å². The lowest BCUT2D eigenvalue weighted by Crippen LogP contribution is -2.60. The molecule has 0 N–H and O–H groups in total. The Balaban J connectivity index is 1.33. The highest BCUT2D eigenvalue weighted by Gasteiger charge is 2.53. The fourth-order valence-electron chi connectivity index (χ4n) is 4.10. The van der Waals surface area contributed by atoms with E-state index in [1.54, 1.807) is 19.5 Å². The third-order valence-corrected chi connectivity index (χ3v) is 5.47. The number of carbonyl (C=O) groups excluding carboxylic acids is 1. The van der Waals surface area contributed by atoms with Gasteiger partial charge in [0.2, 0.25) is 17.6 Å². The van der Waals surface area contributed by atoms with Crippen LogP contribution in [0.2, 0.25) is 0 Å². The van der Waals surface area contributed by atoms with Crippen LogP contribution >= 0.6 is 0 Å². The molecule has 0 radical (unpaired) electrons. The van der Waals surface area contributed by atoms with Crippen molar-refractivity contribution in [3.05, 3.63) is 30.4 Å². The lowest BCUT2D eigenvalue weighted by molar-refractivity contribution is -0.148. The Morgan fingerprint density at radius 2 is 2.07 bits per heavy atom. The lowest BCUT2D eigenvalue weighted by atomic mass is 9.77. The quantitative estimate of drug-likeness (QED) is 0.650. The van der Waals surface area contributed by atoms with Crippen molar-refractivity contribution < 1.29 is 18.8 Å². The van der Waals surface area contributed by atoms with Gasteiger partial charge in [0.1, 0.15) is 6.61 Å². The Bertz CT molecular complexity index is 806. The Morgan fingerprint density at radius 3 is 2.82 bits per heavy atom. The molecule has 9 heteroatoms. The number of methoxy groups -OCH3 is 1. The minimum Gasteiger partial charge on any atom is -0.382 e. The highest BCUT2D eigenvalue weighted by molar-refractivity contribution is 5.78. The lowest BCUT2D eigenvalue weighted by Gasteiger charge is -2.48. The monoisotopic (exact) mass is 387 g/mol. The first-order chi connectivity index (χ1) is 13.6. The number of hydrogen-bond acceptors (Lipinski definition) is 8. The molecule has 0 bridgehead atoms. The number of ether oxygens (including phenoxy) is 2. The molecule has 1 unspecified atom stereocenters. The van der Waals surface area contributed by atoms with Gasteiger partial charge >= 0.3 is 0 Å². The standard InChI is InChI=1S/C19H25N5O4/c1-23-11-19(12-24(13-19)16(25)10-27-8-7-26-2)9-15(23)18-21-17(22-28-18)14-3-5-20-6-4-14/h3-6,15H,7-13H2,1-2H3. The molecule has 2 aliphatic heterocycles. The van der Waals surface area contributed by atoms with Crippen molar-refractivity contribution >= 4 is 5.91 Å². The molecule has 28 heavy (non-hydrogen) atoms. The molecule has 9 nitrogen and oxygen atoms in total. The van der Waals surface area contributed by atoms with E-state index in [1.807, 2.05) is 17.0 Å². The summed E-state index contributed by atoms with van der Waals surface area (Å²) in [5.41, 5.74) is 0.974. The molecule has 0 aliphatic carbocycles. The topological polar surface area (TPSA) is 93.8 Å². The van der Waals surface area contributed by atoms with Gasteiger partial charge in [0.25, 0.3) is 0 Å². The zero-order valence-corrected chi connectivity index (χ0v) is 16.2. The second-order valence-electron chi connectivity index (χ2n) is 7.62. The van der Waals surface area contributed by atoms with E-state index in [2.05, 4.69) is 27.1 Å². The van der Waals surface area contributed by atoms with Crippen molar-refractivity contribution in [1.29, 1.82) is 0 Å². The largest absolute Gasteiger partial charge is 0.382 e. The van der Waals surface area contributed by atoms with Crippen molar-refractivity contribution in [1.82, 2.24) is 24.9 Å². The molecule has 0 aromatic carbocycles. The first kappa shape index (κ1) is 19.0. The van der Waals surface area contributed by atoms with Gasteiger partial charge in [-0.1, -0.05) is 5.16 Å². The SMILES string of the molecule is COCCOCC(=O)N1CC2(CC(c3nc(-c4ccncc4)no3)N(C)C2)C1. The molecule has 0 saturated carbocycles. The summed E-state index contributed by atoms with van der Waals surface area (Å²) >= 11 is 0. The molecule has 1 amide bonds. The van der Waals surface area contributed by atoms with Crippen LogP contribution in [0, 0.1) is 5.41 Å². The second-order valence-corrected chi connectivity index (χ2v) is 7.62. The van der Waals surface area contributed by atoms with Gasteiger partial charge in [-0.2, -0.15) is 4.98 Å². The van der Waals surface area contributed by atoms with Crippen LogP contribution in [0.1, 0.15) is 18.4 Å². The summed E-state index contributed by atoms with van der Waals surface area (Å²) in [7, 11) is 3.68. The van der Waals surface area contributed by atoms with Crippen molar-refractivity contribution in [2.24, 2.45) is 5.41 Å². The molecule has 2 aliphatic rings. The maximum Gasteiger partial charge on any atom is 0.248 e. The van der Waals surface area contributed by atoms with Gasteiger partial charge in [0, 0.05) is 50.1 Å². The average Bonchev–Trinajstić information content (AvgIpc) is 3.29. The summed E-state index contributed by atoms with van der Waals surface area (Å²) < 4.78 is 15.8. The first-order valence-electron chi connectivity index (χ1n) is 9.39. The zero-order valence-electron chi connectivity index (χ0n) is 16.2. The van der Waals surface area contributed by atoms with Crippen LogP contribution in [0.4, 0.5) is 0 Å². The number of rotatable bonds is 7. The van der Waals surface area contributed by atoms with Crippen LogP contribution in [0.5, 0.6) is 0 Å². The van der Waals surface area contributed by atoms with Gasteiger partial charge in [-0.05, 0) is 25.6 Å². The molecule has 2 aromatic rings. The Kier molecular flexibility index (Phi) is 5.38. The van der Waals surface area contributed by atoms with Gasteiger partial charge in [-0.15, -0.1) is 0 Å². The molecule has 2 aromatic heterocycles. The van der Waals surface area contributed by atoms with E-state index in [0.29, 0.717) is 24.9 Å². The number of amides is 1. The molecule has 2 saturated heterocycles. The minimum absolute atomic E-state index is 0.0330. The normalized spacial score (nSPS) is 21.2. The van der Waals surface area contributed by atoms with E-state index in [-0.39, 0.29) is 24.0 Å². The fourth-order valence-corrected chi connectivity index (χ4v) is 4.10. The predicted octanol–water partition coefficient (Wildman–Crippen LogP) is 1.000. The van der Waals surface area contributed by atoms with Gasteiger partial charge < -0.3 is 18.9 Å². The van der Waals surface area contributed by atoms with Gasteiger partial charge in [0.15, 0.2) is 0 Å². The zero-order chi connectivity index (χ0) is 19.6. The third kappa shape index (κ3) is 3.78. The van der Waals surface area contributed by atoms with E-state index in [1.165, 1.54) is 0 Å². The number of hydrogen-bond donors (Lipinski definition) is 0. The van der Waals surface area contributed by atoms with Crippen molar-refractivity contribution in [3.63, 3.8) is 0 Å². The number of aromatic nitrogens is 3. The first-order valence-corrected chi connectivity index (χ1v) is 9.39. The number of carbonyl (C=O) groups is 1. The van der Waals surface area contributed by atoms with E-state index < -0.39 is 0 Å². The third-order valence-electron chi connectivity index (χ3n) is 5.47. The second kappa shape index (κ2) is 7.94. The molecular weight excluding hydrogens is 362 g/mol. The van der Waals surface area contributed by atoms with Crippen LogP contribution in [-0.2, 0) is 14.3 Å². The Hall–Kier alpha value is -2.36. The summed E-state index contributed by atoms with van der Waals surface area (Å²) in [5.74, 6) is 1.23. The van der Waals surface area contributed by atoms with Crippen molar-refractivity contribution in [2.75, 3.05) is 53.6 Å². The van der Waals surface area contributed by atoms with E-state index >= 15 is 0 Å². The van der Waals surface area contributed by atoms with Gasteiger partial charge in [-0.3, -0.25) is 14.7 Å². The van der Waals surface area contributed by atoms with E-state index in [9.17, 15) is 4.79 Å². The van der Waals surface area contributed by atoms with Crippen LogP contribution in [0.15, 0.2) is 29.0 Å². The fraction of sp³-hybridized carbons (Fsp3) is 0.579. The summed E-state index contributed by atoms with van der Waals surface area (Å²) in [6.07, 6.45) is 4.32. The molecule has 4 heterocycles. The Labute approximate surface area is 163 Å². The van der Waals surface area contributed by atoms with Crippen LogP contribution in [-0.4, -0.2) is 84.4 Å². The van der Waals surface area contributed by atoms with Crippen molar-refractivity contribution in [2.45, 2.75) is 12.5 Å². The average molecular weight is 387 g/mol. The van der Waals surface area contributed by atoms with Crippen LogP contribution in [0.3, 0.4) is 0 Å². The van der Waals surface area contributed by atoms with E-state index in [0.717, 1.165) is 31.6 Å². The maximum atomic E-state index is 12.2. The van der Waals surface area contributed by atoms with Crippen LogP contribution in [0.25, 0.3) is 11.4 Å². The van der Waals surface area contributed by atoms with Crippen LogP contribution < -0.4 is 0 Å². The molecule has 1 spiro atoms. The molecule has 1 atom stereocenters. The minimum atomic E-state index is 0.0330. The number of nitrogens with zero attached hydrogens (tertiary/aromatic N) is 5. The summed E-state index contributed by atoms with van der Waals surface area (Å²) in [5, 5.41) is 4.12. The summed E-state index contributed by atoms with van der Waals surface area (Å²) in [6.45, 7) is 3.42. The van der Waals surface area contributed by atoms with Crippen molar-refractivity contribution in [3.8, 4) is 11.4 Å². The maximum absolute atomic E-state index is 12.2. The predicted molar refractivity (Wildman–Crippen MR) is 99.2 cm³/mol. The number of likely N-dealkylation sites (tertiary alicyclic amines) is 2. The molecular formula is C19H25N5O4. The smallest absolute Gasteiger partial charge is 0.248 e. The molecule has 150 valence electrons. The summed E-state index contributed by atoms with van der Waals surface area (Å²) in [6, 6.07) is 3.79. The molecule has 4 rings (SSSR count). The van der Waals surface area contributed by atoms with Gasteiger partial charge in [0.05, 0.1) is 19.3 Å².